The van der Waals surface area contributed by atoms with Crippen LogP contribution in [0.3, 0.4) is 0 Å². The van der Waals surface area contributed by atoms with Crippen molar-refractivity contribution in [3.05, 3.63) is 45.5 Å². The van der Waals surface area contributed by atoms with Crippen LogP contribution < -0.4 is 5.73 Å². The summed E-state index contributed by atoms with van der Waals surface area (Å²) >= 11 is 9.46. The van der Waals surface area contributed by atoms with E-state index in [9.17, 15) is 0 Å². The molecule has 2 heterocycles. The first-order valence-electron chi connectivity index (χ1n) is 5.62. The van der Waals surface area contributed by atoms with E-state index in [0.29, 0.717) is 22.1 Å². The Kier molecular flexibility index (Phi) is 2.95. The predicted molar refractivity (Wildman–Crippen MR) is 80.7 cm³/mol. The van der Waals surface area contributed by atoms with Crippen LogP contribution in [0.15, 0.2) is 34.9 Å². The summed E-state index contributed by atoms with van der Waals surface area (Å²) in [6.07, 6.45) is 1.59. The minimum atomic E-state index is 0.384. The number of rotatable bonds is 1. The van der Waals surface area contributed by atoms with Crippen molar-refractivity contribution in [2.75, 3.05) is 5.73 Å². The third kappa shape index (κ3) is 2.09. The number of fused-ring (bicyclic) bond motifs is 1. The summed E-state index contributed by atoms with van der Waals surface area (Å²) in [5.41, 5.74) is 9.42. The van der Waals surface area contributed by atoms with Crippen molar-refractivity contribution < 1.29 is 0 Å². The second kappa shape index (κ2) is 4.51. The van der Waals surface area contributed by atoms with Crippen LogP contribution in [0.4, 0.5) is 5.95 Å². The van der Waals surface area contributed by atoms with E-state index >= 15 is 0 Å². The van der Waals surface area contributed by atoms with Gasteiger partial charge in [-0.15, -0.1) is 0 Å². The molecule has 0 unspecified atom stereocenters. The largest absolute Gasteiger partial charge is 0.369 e. The molecule has 3 rings (SSSR count). The van der Waals surface area contributed by atoms with Gasteiger partial charge >= 0.3 is 0 Å². The molecule has 1 aromatic carbocycles. The number of nitrogens with two attached hydrogens (primary N) is 1. The molecule has 0 saturated carbocycles. The fourth-order valence-electron chi connectivity index (χ4n) is 1.99. The van der Waals surface area contributed by atoms with E-state index in [0.717, 1.165) is 15.7 Å². The van der Waals surface area contributed by atoms with Crippen LogP contribution in [0, 0.1) is 6.92 Å². The maximum absolute atomic E-state index is 5.99. The molecule has 96 valence electrons. The van der Waals surface area contributed by atoms with Gasteiger partial charge in [-0.25, -0.2) is 9.97 Å². The zero-order chi connectivity index (χ0) is 13.6. The number of halogens is 2. The average molecular weight is 338 g/mol. The Morgan fingerprint density at radius 3 is 2.84 bits per heavy atom. The normalized spacial score (nSPS) is 11.1. The zero-order valence-corrected chi connectivity index (χ0v) is 12.4. The fraction of sp³-hybridized carbons (Fsp3) is 0.0769. The van der Waals surface area contributed by atoms with E-state index in [1.807, 2.05) is 25.1 Å². The molecule has 0 amide bonds. The van der Waals surface area contributed by atoms with Crippen LogP contribution in [0.2, 0.25) is 5.02 Å². The van der Waals surface area contributed by atoms with Crippen LogP contribution in [0.5, 0.6) is 0 Å². The fourth-order valence-corrected chi connectivity index (χ4v) is 2.81. The molecule has 4 nitrogen and oxygen atoms in total. The molecule has 3 aromatic rings. The van der Waals surface area contributed by atoms with Gasteiger partial charge in [0.15, 0.2) is 5.65 Å². The Bertz CT molecular complexity index is 782. The minimum absolute atomic E-state index is 0.384. The lowest BCUT2D eigenvalue weighted by molar-refractivity contribution is 1.07. The van der Waals surface area contributed by atoms with Gasteiger partial charge in [-0.1, -0.05) is 17.7 Å². The van der Waals surface area contributed by atoms with Crippen LogP contribution in [0.25, 0.3) is 16.9 Å². The maximum atomic E-state index is 5.99. The second-order valence-corrected chi connectivity index (χ2v) is 5.55. The Balaban J connectivity index is 2.33. The van der Waals surface area contributed by atoms with Gasteiger partial charge in [-0.05, 0) is 46.6 Å². The van der Waals surface area contributed by atoms with Crippen molar-refractivity contribution in [3.8, 4) is 5.69 Å². The van der Waals surface area contributed by atoms with Gasteiger partial charge in [-0.2, -0.15) is 0 Å². The standard InChI is InChI=1S/C13H10BrClN4/c1-7-2-3-11(9(14)4-7)19-12-10(18-13(19)16)5-8(15)6-17-12/h2-6H,1H3,(H2,16,18). The number of nitrogen functional groups attached to an aromatic ring is 1. The van der Waals surface area contributed by atoms with Crippen LogP contribution in [-0.4, -0.2) is 14.5 Å². The van der Waals surface area contributed by atoms with Gasteiger partial charge in [-0.3, -0.25) is 4.57 Å². The number of imidazole rings is 1. The lowest BCUT2D eigenvalue weighted by atomic mass is 10.2. The highest BCUT2D eigenvalue weighted by molar-refractivity contribution is 9.10. The number of benzene rings is 1. The lowest BCUT2D eigenvalue weighted by Gasteiger charge is -2.09. The Labute approximate surface area is 123 Å². The molecule has 2 aromatic heterocycles. The number of hydrogen-bond acceptors (Lipinski definition) is 3. The topological polar surface area (TPSA) is 56.7 Å². The molecule has 19 heavy (non-hydrogen) atoms. The summed E-state index contributed by atoms with van der Waals surface area (Å²) in [4.78, 5) is 8.60. The maximum Gasteiger partial charge on any atom is 0.207 e. The quantitative estimate of drug-likeness (QED) is 0.736. The Morgan fingerprint density at radius 2 is 2.11 bits per heavy atom. The summed E-state index contributed by atoms with van der Waals surface area (Å²) in [6.45, 7) is 2.03. The first-order chi connectivity index (χ1) is 9.06. The molecule has 0 bridgehead atoms. The van der Waals surface area contributed by atoms with Gasteiger partial charge in [0.1, 0.15) is 5.52 Å². The molecular weight excluding hydrogens is 328 g/mol. The second-order valence-electron chi connectivity index (χ2n) is 4.26. The zero-order valence-electron chi connectivity index (χ0n) is 10.1. The molecule has 0 atom stereocenters. The number of hydrogen-bond donors (Lipinski definition) is 1. The number of nitrogens with zero attached hydrogens (tertiary/aromatic N) is 3. The van der Waals surface area contributed by atoms with E-state index in [-0.39, 0.29) is 0 Å². The summed E-state index contributed by atoms with van der Waals surface area (Å²) in [6, 6.07) is 7.77. The lowest BCUT2D eigenvalue weighted by Crippen LogP contribution is -2.02. The molecule has 6 heteroatoms. The van der Waals surface area contributed by atoms with Crippen molar-refractivity contribution >= 4 is 44.6 Å². The van der Waals surface area contributed by atoms with Crippen molar-refractivity contribution in [1.82, 2.24) is 14.5 Å². The van der Waals surface area contributed by atoms with E-state index in [1.54, 1.807) is 16.8 Å². The van der Waals surface area contributed by atoms with Crippen molar-refractivity contribution in [3.63, 3.8) is 0 Å². The van der Waals surface area contributed by atoms with Crippen molar-refractivity contribution in [2.45, 2.75) is 6.92 Å². The molecule has 0 aliphatic rings. The first kappa shape index (κ1) is 12.4. The number of anilines is 1. The van der Waals surface area contributed by atoms with Crippen LogP contribution in [-0.2, 0) is 0 Å². The highest BCUT2D eigenvalue weighted by atomic mass is 79.9. The molecule has 2 N–H and O–H groups in total. The summed E-state index contributed by atoms with van der Waals surface area (Å²) in [5, 5.41) is 0.542. The molecule has 0 spiro atoms. The van der Waals surface area contributed by atoms with Gasteiger partial charge in [0, 0.05) is 10.7 Å². The van der Waals surface area contributed by atoms with Crippen molar-refractivity contribution in [1.29, 1.82) is 0 Å². The summed E-state index contributed by atoms with van der Waals surface area (Å²) < 4.78 is 2.74. The van der Waals surface area contributed by atoms with Gasteiger partial charge in [0.25, 0.3) is 0 Å². The molecule has 0 saturated heterocycles. The predicted octanol–water partition coefficient (Wildman–Crippen LogP) is 3.73. The van der Waals surface area contributed by atoms with E-state index in [1.165, 1.54) is 0 Å². The summed E-state index contributed by atoms with van der Waals surface area (Å²) in [5.74, 6) is 0.384. The van der Waals surface area contributed by atoms with Gasteiger partial charge in [0.2, 0.25) is 5.95 Å². The van der Waals surface area contributed by atoms with Gasteiger partial charge < -0.3 is 5.73 Å². The molecule has 0 aliphatic carbocycles. The van der Waals surface area contributed by atoms with E-state index < -0.39 is 0 Å². The highest BCUT2D eigenvalue weighted by Gasteiger charge is 2.13. The van der Waals surface area contributed by atoms with Crippen molar-refractivity contribution in [2.24, 2.45) is 0 Å². The Hall–Kier alpha value is -1.59. The Morgan fingerprint density at radius 1 is 1.32 bits per heavy atom. The highest BCUT2D eigenvalue weighted by Crippen LogP contribution is 2.28. The molecular formula is C13H10BrClN4. The first-order valence-corrected chi connectivity index (χ1v) is 6.79. The molecule has 0 fully saturated rings. The number of pyridine rings is 1. The SMILES string of the molecule is Cc1ccc(-n2c(N)nc3cc(Cl)cnc32)c(Br)c1. The third-order valence-corrected chi connectivity index (χ3v) is 3.68. The smallest absolute Gasteiger partial charge is 0.207 e. The monoisotopic (exact) mass is 336 g/mol. The summed E-state index contributed by atoms with van der Waals surface area (Å²) in [7, 11) is 0. The van der Waals surface area contributed by atoms with Gasteiger partial charge in [0.05, 0.1) is 10.7 Å². The third-order valence-electron chi connectivity index (χ3n) is 2.83. The average Bonchev–Trinajstić information content (AvgIpc) is 2.65. The molecule has 0 aliphatic heterocycles. The van der Waals surface area contributed by atoms with E-state index in [2.05, 4.69) is 25.9 Å². The van der Waals surface area contributed by atoms with Crippen LogP contribution in [0.1, 0.15) is 5.56 Å². The number of aromatic nitrogens is 3. The molecule has 0 radical (unpaired) electrons. The minimum Gasteiger partial charge on any atom is -0.369 e. The van der Waals surface area contributed by atoms with Crippen LogP contribution >= 0.6 is 27.5 Å². The number of aryl methyl sites for hydroxylation is 1. The van der Waals surface area contributed by atoms with E-state index in [4.69, 9.17) is 17.3 Å².